The van der Waals surface area contributed by atoms with Gasteiger partial charge in [0, 0.05) is 18.4 Å². The zero-order valence-electron chi connectivity index (χ0n) is 14.7. The highest BCUT2D eigenvalue weighted by Gasteiger charge is 2.54. The van der Waals surface area contributed by atoms with Crippen molar-refractivity contribution in [1.82, 2.24) is 0 Å². The molecule has 2 atom stereocenters. The van der Waals surface area contributed by atoms with Gasteiger partial charge in [0.25, 0.3) is 0 Å². The van der Waals surface area contributed by atoms with Crippen LogP contribution in [0, 0.1) is 23.2 Å². The molecule has 2 nitrogen and oxygen atoms in total. The second-order valence-electron chi connectivity index (χ2n) is 8.68. The van der Waals surface area contributed by atoms with Crippen molar-refractivity contribution >= 4 is 53.4 Å². The molecule has 1 aromatic carbocycles. The van der Waals surface area contributed by atoms with Gasteiger partial charge in [0.2, 0.25) is 0 Å². The molecule has 5 rings (SSSR count). The summed E-state index contributed by atoms with van der Waals surface area (Å²) in [5.41, 5.74) is 8.11. The Morgan fingerprint density at radius 3 is 2.12 bits per heavy atom. The Morgan fingerprint density at radius 2 is 1.65 bits per heavy atom. The lowest BCUT2D eigenvalue weighted by molar-refractivity contribution is -0.112. The van der Waals surface area contributed by atoms with Gasteiger partial charge in [0.15, 0.2) is 5.12 Å². The van der Waals surface area contributed by atoms with E-state index in [2.05, 4.69) is 12.6 Å². The fourth-order valence-electron chi connectivity index (χ4n) is 6.40. The largest absolute Gasteiger partial charge is 0.327 e. The molecule has 0 heterocycles. The molecule has 4 saturated carbocycles. The molecule has 4 aliphatic rings. The van der Waals surface area contributed by atoms with E-state index in [1.165, 1.54) is 38.5 Å². The third-order valence-electron chi connectivity index (χ3n) is 6.99. The van der Waals surface area contributed by atoms with Crippen molar-refractivity contribution < 1.29 is 4.79 Å². The van der Waals surface area contributed by atoms with Crippen LogP contribution in [-0.2, 0) is 4.79 Å². The molecule has 4 fully saturated rings. The van der Waals surface area contributed by atoms with E-state index >= 15 is 0 Å². The number of thiol groups is 1. The Hall–Kier alpha value is 0.0700. The topological polar surface area (TPSA) is 43.1 Å². The number of rotatable bonds is 5. The number of carbonyl (C=O) groups is 1. The molecule has 0 saturated heterocycles. The molecule has 2 N–H and O–H groups in total. The highest BCUT2D eigenvalue weighted by atomic mass is 35.5. The maximum absolute atomic E-state index is 11.9. The first-order valence-electron chi connectivity index (χ1n) is 9.28. The number of nitrogens with two attached hydrogens (primary N) is 1. The summed E-state index contributed by atoms with van der Waals surface area (Å²) in [5.74, 6) is 2.45. The summed E-state index contributed by atoms with van der Waals surface area (Å²) < 4.78 is 0. The lowest BCUT2D eigenvalue weighted by Crippen LogP contribution is -2.56. The molecule has 1 aromatic rings. The van der Waals surface area contributed by atoms with Crippen LogP contribution >= 0.6 is 48.2 Å². The van der Waals surface area contributed by atoms with Gasteiger partial charge in [-0.2, -0.15) is 0 Å². The Balaban J connectivity index is 0.00000196. The normalized spacial score (nSPS) is 34.2. The Bertz CT molecular complexity index is 660. The van der Waals surface area contributed by atoms with Crippen molar-refractivity contribution in [3.05, 3.63) is 33.8 Å². The van der Waals surface area contributed by atoms with Crippen molar-refractivity contribution in [2.45, 2.75) is 56.9 Å². The quantitative estimate of drug-likeness (QED) is 0.567. The van der Waals surface area contributed by atoms with Crippen molar-refractivity contribution in [3.8, 4) is 0 Å². The highest BCUT2D eigenvalue weighted by Crippen LogP contribution is 2.62. The lowest BCUT2D eigenvalue weighted by atomic mass is 9.46. The van der Waals surface area contributed by atoms with E-state index in [1.807, 2.05) is 18.2 Å². The second-order valence-corrected chi connectivity index (χ2v) is 10.00. The van der Waals surface area contributed by atoms with Gasteiger partial charge in [0.05, 0.1) is 10.0 Å². The number of hydrogen-bond donors (Lipinski definition) is 2. The van der Waals surface area contributed by atoms with Gasteiger partial charge in [-0.1, -0.05) is 29.3 Å². The van der Waals surface area contributed by atoms with E-state index in [0.717, 1.165) is 23.3 Å². The van der Waals surface area contributed by atoms with Crippen LogP contribution in [0.1, 0.15) is 56.4 Å². The smallest absolute Gasteiger partial charge is 0.186 e. The minimum atomic E-state index is -0.115. The van der Waals surface area contributed by atoms with Crippen LogP contribution in [0.2, 0.25) is 10.0 Å². The van der Waals surface area contributed by atoms with Crippen molar-refractivity contribution in [3.63, 3.8) is 0 Å². The average Bonchev–Trinajstić information content (AvgIpc) is 2.53. The SMILES string of the molecule is Cl.NC(C(CC(=O)S)c1ccc(Cl)c(Cl)c1)C12CC3CC(CC(C3)C1)C2. The average molecular weight is 435 g/mol. The molecular weight excluding hydrogens is 409 g/mol. The summed E-state index contributed by atoms with van der Waals surface area (Å²) in [6.45, 7) is 0. The van der Waals surface area contributed by atoms with Crippen LogP contribution in [0.4, 0.5) is 0 Å². The summed E-state index contributed by atoms with van der Waals surface area (Å²) in [7, 11) is 0. The Kier molecular flexibility index (Phi) is 6.26. The van der Waals surface area contributed by atoms with E-state index in [4.69, 9.17) is 28.9 Å². The minimum Gasteiger partial charge on any atom is -0.327 e. The predicted molar refractivity (Wildman–Crippen MR) is 114 cm³/mol. The van der Waals surface area contributed by atoms with Gasteiger partial charge < -0.3 is 5.73 Å². The summed E-state index contributed by atoms with van der Waals surface area (Å²) in [5, 5.41) is 0.939. The molecule has 4 bridgehead atoms. The highest BCUT2D eigenvalue weighted by molar-refractivity contribution is 7.96. The van der Waals surface area contributed by atoms with Crippen LogP contribution in [0.5, 0.6) is 0 Å². The third-order valence-corrected chi connectivity index (χ3v) is 7.91. The summed E-state index contributed by atoms with van der Waals surface area (Å²) in [4.78, 5) is 11.9. The van der Waals surface area contributed by atoms with Gasteiger partial charge in [-0.05, 0) is 79.4 Å². The van der Waals surface area contributed by atoms with E-state index in [9.17, 15) is 4.79 Å². The Morgan fingerprint density at radius 1 is 1.12 bits per heavy atom. The lowest BCUT2D eigenvalue weighted by Gasteiger charge is -2.60. The molecule has 0 aliphatic heterocycles. The van der Waals surface area contributed by atoms with Gasteiger partial charge in [-0.15, -0.1) is 25.0 Å². The fourth-order valence-corrected chi connectivity index (χ4v) is 6.90. The van der Waals surface area contributed by atoms with E-state index in [0.29, 0.717) is 16.5 Å². The van der Waals surface area contributed by atoms with E-state index in [1.54, 1.807) is 0 Å². The fraction of sp³-hybridized carbons (Fsp3) is 0.650. The molecule has 2 unspecified atom stereocenters. The molecule has 0 spiro atoms. The molecule has 144 valence electrons. The van der Waals surface area contributed by atoms with Gasteiger partial charge in [-0.25, -0.2) is 0 Å². The summed E-state index contributed by atoms with van der Waals surface area (Å²) in [6.07, 6.45) is 8.17. The maximum Gasteiger partial charge on any atom is 0.186 e. The predicted octanol–water partition coefficient (Wildman–Crippen LogP) is 5.89. The summed E-state index contributed by atoms with van der Waals surface area (Å²) in [6, 6.07) is 5.62. The standard InChI is InChI=1S/C20H25Cl2NOS.ClH/c21-16-2-1-14(6-17(16)22)15(7-18(24)25)19(23)20-8-11-3-12(9-20)5-13(4-11)10-20;/h1-2,6,11-13,15,19H,3-5,7-10,23H2,(H,24,25);1H. The first-order chi connectivity index (χ1) is 11.9. The monoisotopic (exact) mass is 433 g/mol. The molecular formula is C20H26Cl3NOS. The first-order valence-corrected chi connectivity index (χ1v) is 10.5. The van der Waals surface area contributed by atoms with Crippen LogP contribution in [0.15, 0.2) is 18.2 Å². The minimum absolute atomic E-state index is 0. The number of benzene rings is 1. The van der Waals surface area contributed by atoms with Gasteiger partial charge in [0.1, 0.15) is 0 Å². The molecule has 6 heteroatoms. The van der Waals surface area contributed by atoms with Crippen molar-refractivity contribution in [1.29, 1.82) is 0 Å². The van der Waals surface area contributed by atoms with Crippen LogP contribution < -0.4 is 5.73 Å². The van der Waals surface area contributed by atoms with Gasteiger partial charge >= 0.3 is 0 Å². The second kappa shape index (κ2) is 7.83. The molecule has 4 aliphatic carbocycles. The molecule has 0 aromatic heterocycles. The zero-order valence-corrected chi connectivity index (χ0v) is 17.9. The van der Waals surface area contributed by atoms with Gasteiger partial charge in [-0.3, -0.25) is 4.79 Å². The molecule has 26 heavy (non-hydrogen) atoms. The van der Waals surface area contributed by atoms with Crippen molar-refractivity contribution in [2.24, 2.45) is 28.9 Å². The third kappa shape index (κ3) is 3.80. The van der Waals surface area contributed by atoms with Crippen LogP contribution in [0.3, 0.4) is 0 Å². The van der Waals surface area contributed by atoms with Crippen LogP contribution in [0.25, 0.3) is 0 Å². The Labute approximate surface area is 177 Å². The van der Waals surface area contributed by atoms with E-state index < -0.39 is 0 Å². The maximum atomic E-state index is 11.9. The molecule has 0 radical (unpaired) electrons. The zero-order chi connectivity index (χ0) is 17.8. The first kappa shape index (κ1) is 20.8. The number of hydrogen-bond acceptors (Lipinski definition) is 2. The van der Waals surface area contributed by atoms with Crippen molar-refractivity contribution in [2.75, 3.05) is 0 Å². The molecule has 0 amide bonds. The van der Waals surface area contributed by atoms with Crippen LogP contribution in [-0.4, -0.2) is 11.2 Å². The van der Waals surface area contributed by atoms with E-state index in [-0.39, 0.29) is 34.9 Å². The summed E-state index contributed by atoms with van der Waals surface area (Å²) >= 11 is 16.4. The number of halogens is 3. The number of carbonyl (C=O) groups excluding carboxylic acids is 1.